The predicted octanol–water partition coefficient (Wildman–Crippen LogP) is 2.43. The molecule has 0 spiro atoms. The Balaban J connectivity index is 2.17. The third-order valence-electron chi connectivity index (χ3n) is 4.14. The van der Waals surface area contributed by atoms with E-state index in [9.17, 15) is 4.79 Å². The first-order valence-corrected chi connectivity index (χ1v) is 8.18. The van der Waals surface area contributed by atoms with Gasteiger partial charge in [-0.2, -0.15) is 0 Å². The monoisotopic (exact) mass is 284 g/mol. The van der Waals surface area contributed by atoms with E-state index in [1.807, 2.05) is 13.8 Å². The van der Waals surface area contributed by atoms with Crippen LogP contribution in [0.5, 0.6) is 0 Å². The smallest absolute Gasteiger partial charge is 0.237 e. The molecule has 0 radical (unpaired) electrons. The molecule has 1 rings (SSSR count). The molecule has 20 heavy (non-hydrogen) atoms. The van der Waals surface area contributed by atoms with E-state index < -0.39 is 0 Å². The zero-order chi connectivity index (χ0) is 15.0. The highest BCUT2D eigenvalue weighted by atomic mass is 16.5. The number of carbonyl (C=O) groups is 1. The molecule has 1 atom stereocenters. The van der Waals surface area contributed by atoms with Gasteiger partial charge >= 0.3 is 0 Å². The topological polar surface area (TPSA) is 41.6 Å². The lowest BCUT2D eigenvalue weighted by molar-refractivity contribution is -0.126. The summed E-state index contributed by atoms with van der Waals surface area (Å²) >= 11 is 0. The maximum absolute atomic E-state index is 11.8. The van der Waals surface area contributed by atoms with E-state index >= 15 is 0 Å². The first-order valence-electron chi connectivity index (χ1n) is 8.18. The molecule has 0 aliphatic carbocycles. The van der Waals surface area contributed by atoms with Gasteiger partial charge in [0, 0.05) is 13.2 Å². The van der Waals surface area contributed by atoms with Gasteiger partial charge < -0.3 is 10.1 Å². The van der Waals surface area contributed by atoms with Crippen molar-refractivity contribution in [1.29, 1.82) is 0 Å². The van der Waals surface area contributed by atoms with Crippen LogP contribution < -0.4 is 5.32 Å². The van der Waals surface area contributed by atoms with Crippen molar-refractivity contribution in [1.82, 2.24) is 10.2 Å². The molecule has 0 bridgehead atoms. The molecule has 1 N–H and O–H groups in total. The zero-order valence-corrected chi connectivity index (χ0v) is 13.7. The summed E-state index contributed by atoms with van der Waals surface area (Å²) in [6.07, 6.45) is 5.19. The fourth-order valence-corrected chi connectivity index (χ4v) is 2.81. The summed E-state index contributed by atoms with van der Waals surface area (Å²) in [6.45, 7) is 11.9. The van der Waals surface area contributed by atoms with Gasteiger partial charge in [0.05, 0.1) is 12.1 Å². The number of rotatable bonds is 8. The third kappa shape index (κ3) is 6.23. The van der Waals surface area contributed by atoms with Gasteiger partial charge in [-0.05, 0) is 72.4 Å². The van der Waals surface area contributed by atoms with Gasteiger partial charge in [-0.15, -0.1) is 0 Å². The SMILES string of the molecule is CCNC(=O)[C@@H](C)N1CCC(CCCOC(C)C)CC1. The molecule has 1 aliphatic rings. The van der Waals surface area contributed by atoms with Gasteiger partial charge in [0.2, 0.25) is 5.91 Å². The lowest BCUT2D eigenvalue weighted by Crippen LogP contribution is -2.48. The Morgan fingerprint density at radius 1 is 1.30 bits per heavy atom. The van der Waals surface area contributed by atoms with Crippen LogP contribution >= 0.6 is 0 Å². The van der Waals surface area contributed by atoms with E-state index in [0.29, 0.717) is 6.10 Å². The first kappa shape index (κ1) is 17.4. The number of nitrogens with zero attached hydrogens (tertiary/aromatic N) is 1. The number of amides is 1. The van der Waals surface area contributed by atoms with Gasteiger partial charge in [-0.25, -0.2) is 0 Å². The highest BCUT2D eigenvalue weighted by molar-refractivity contribution is 5.81. The van der Waals surface area contributed by atoms with E-state index in [0.717, 1.165) is 38.6 Å². The average Bonchev–Trinajstić information content (AvgIpc) is 2.43. The highest BCUT2D eigenvalue weighted by Crippen LogP contribution is 2.23. The molecule has 1 aliphatic heterocycles. The number of hydrogen-bond acceptors (Lipinski definition) is 3. The lowest BCUT2D eigenvalue weighted by Gasteiger charge is -2.35. The summed E-state index contributed by atoms with van der Waals surface area (Å²) in [5, 5.41) is 2.91. The Bertz CT molecular complexity index is 274. The minimum absolute atomic E-state index is 0.0141. The van der Waals surface area contributed by atoms with Crippen LogP contribution in [-0.2, 0) is 9.53 Å². The van der Waals surface area contributed by atoms with E-state index in [-0.39, 0.29) is 11.9 Å². The summed E-state index contributed by atoms with van der Waals surface area (Å²) < 4.78 is 5.59. The number of hydrogen-bond donors (Lipinski definition) is 1. The van der Waals surface area contributed by atoms with Crippen LogP contribution in [0.25, 0.3) is 0 Å². The third-order valence-corrected chi connectivity index (χ3v) is 4.14. The van der Waals surface area contributed by atoms with Gasteiger partial charge in [-0.1, -0.05) is 0 Å². The number of likely N-dealkylation sites (tertiary alicyclic amines) is 1. The normalized spacial score (nSPS) is 19.2. The largest absolute Gasteiger partial charge is 0.379 e. The number of ether oxygens (including phenoxy) is 1. The predicted molar refractivity (Wildman–Crippen MR) is 82.8 cm³/mol. The van der Waals surface area contributed by atoms with Crippen LogP contribution in [0.1, 0.15) is 53.4 Å². The molecule has 0 aromatic carbocycles. The highest BCUT2D eigenvalue weighted by Gasteiger charge is 2.25. The number of carbonyl (C=O) groups excluding carboxylic acids is 1. The summed E-state index contributed by atoms with van der Waals surface area (Å²) in [6, 6.07) is 0.0141. The number of nitrogens with one attached hydrogen (secondary N) is 1. The van der Waals surface area contributed by atoms with Crippen LogP contribution in [0, 0.1) is 5.92 Å². The fraction of sp³-hybridized carbons (Fsp3) is 0.938. The van der Waals surface area contributed by atoms with Crippen LogP contribution in [0.2, 0.25) is 0 Å². The Morgan fingerprint density at radius 3 is 2.50 bits per heavy atom. The van der Waals surface area contributed by atoms with Crippen molar-refractivity contribution in [3.8, 4) is 0 Å². The second kappa shape index (κ2) is 9.35. The van der Waals surface area contributed by atoms with Crippen molar-refractivity contribution in [3.63, 3.8) is 0 Å². The van der Waals surface area contributed by atoms with Gasteiger partial charge in [0.25, 0.3) is 0 Å². The maximum Gasteiger partial charge on any atom is 0.237 e. The number of likely N-dealkylation sites (N-methyl/N-ethyl adjacent to an activating group) is 1. The van der Waals surface area contributed by atoms with Gasteiger partial charge in [-0.3, -0.25) is 9.69 Å². The molecule has 1 heterocycles. The van der Waals surface area contributed by atoms with Crippen LogP contribution in [-0.4, -0.2) is 49.2 Å². The van der Waals surface area contributed by atoms with Crippen molar-refractivity contribution >= 4 is 5.91 Å². The molecule has 118 valence electrons. The minimum atomic E-state index is 0.0141. The van der Waals surface area contributed by atoms with E-state index in [4.69, 9.17) is 4.74 Å². The van der Waals surface area contributed by atoms with Crippen molar-refractivity contribution in [2.75, 3.05) is 26.2 Å². The summed E-state index contributed by atoms with van der Waals surface area (Å²) in [7, 11) is 0. The first-order chi connectivity index (χ1) is 9.54. The Morgan fingerprint density at radius 2 is 1.95 bits per heavy atom. The van der Waals surface area contributed by atoms with E-state index in [1.165, 1.54) is 19.3 Å². The van der Waals surface area contributed by atoms with Crippen molar-refractivity contribution in [3.05, 3.63) is 0 Å². The zero-order valence-electron chi connectivity index (χ0n) is 13.7. The minimum Gasteiger partial charge on any atom is -0.379 e. The summed E-state index contributed by atoms with van der Waals surface area (Å²) in [4.78, 5) is 14.1. The van der Waals surface area contributed by atoms with Crippen LogP contribution in [0.4, 0.5) is 0 Å². The molecule has 0 aromatic rings. The molecule has 4 nitrogen and oxygen atoms in total. The average molecular weight is 284 g/mol. The molecule has 0 aromatic heterocycles. The second-order valence-electron chi connectivity index (χ2n) is 6.11. The number of piperidine rings is 1. The molecule has 1 amide bonds. The Labute approximate surface area is 124 Å². The maximum atomic E-state index is 11.8. The van der Waals surface area contributed by atoms with Crippen LogP contribution in [0.3, 0.4) is 0 Å². The van der Waals surface area contributed by atoms with Gasteiger partial charge in [0.1, 0.15) is 0 Å². The lowest BCUT2D eigenvalue weighted by atomic mass is 9.91. The van der Waals surface area contributed by atoms with Crippen molar-refractivity contribution in [2.24, 2.45) is 5.92 Å². The fourth-order valence-electron chi connectivity index (χ4n) is 2.81. The molecular formula is C16H32N2O2. The summed E-state index contributed by atoms with van der Waals surface area (Å²) in [5.41, 5.74) is 0. The Hall–Kier alpha value is -0.610. The second-order valence-corrected chi connectivity index (χ2v) is 6.11. The quantitative estimate of drug-likeness (QED) is 0.696. The molecule has 1 fully saturated rings. The van der Waals surface area contributed by atoms with Crippen molar-refractivity contribution in [2.45, 2.75) is 65.5 Å². The van der Waals surface area contributed by atoms with Crippen molar-refractivity contribution < 1.29 is 9.53 Å². The molecule has 0 saturated carbocycles. The van der Waals surface area contributed by atoms with E-state index in [2.05, 4.69) is 24.1 Å². The molecule has 0 unspecified atom stereocenters. The molecule has 4 heteroatoms. The standard InChI is InChI=1S/C16H32N2O2/c1-5-17-16(19)14(4)18-10-8-15(9-11-18)7-6-12-20-13(2)3/h13-15H,5-12H2,1-4H3,(H,17,19)/t14-/m1/s1. The van der Waals surface area contributed by atoms with E-state index in [1.54, 1.807) is 0 Å². The Kier molecular flexibility index (Phi) is 8.15. The molecular weight excluding hydrogens is 252 g/mol. The molecule has 1 saturated heterocycles. The van der Waals surface area contributed by atoms with Crippen LogP contribution in [0.15, 0.2) is 0 Å². The van der Waals surface area contributed by atoms with Gasteiger partial charge in [0.15, 0.2) is 0 Å². The summed E-state index contributed by atoms with van der Waals surface area (Å²) in [5.74, 6) is 0.972.